The standard InChI is InChI=1S/C21H36O2Si/c1-9-10-18-14-17(11-12-20(18)22)19(13-16(2)3)15-23-24(7,8)21(4,5)6/h9,11-12,14,16,19,22H,1,10,13,15H2,2-8H3/t19-/m1/s1. The molecule has 0 amide bonds. The highest BCUT2D eigenvalue weighted by Gasteiger charge is 2.37. The molecule has 0 aliphatic heterocycles. The van der Waals surface area contributed by atoms with Crippen molar-refractivity contribution in [1.29, 1.82) is 0 Å². The van der Waals surface area contributed by atoms with Gasteiger partial charge >= 0.3 is 0 Å². The van der Waals surface area contributed by atoms with Crippen LogP contribution < -0.4 is 0 Å². The Morgan fingerprint density at radius 1 is 1.25 bits per heavy atom. The Hall–Kier alpha value is -1.06. The average Bonchev–Trinajstić information content (AvgIpc) is 2.44. The maximum atomic E-state index is 10.0. The molecule has 1 aromatic carbocycles. The van der Waals surface area contributed by atoms with E-state index in [0.717, 1.165) is 18.6 Å². The molecule has 0 unspecified atom stereocenters. The van der Waals surface area contributed by atoms with Crippen LogP contribution in [0.5, 0.6) is 5.75 Å². The van der Waals surface area contributed by atoms with Crippen LogP contribution in [-0.4, -0.2) is 20.0 Å². The van der Waals surface area contributed by atoms with Crippen LogP contribution in [0.15, 0.2) is 30.9 Å². The van der Waals surface area contributed by atoms with Gasteiger partial charge in [0.1, 0.15) is 5.75 Å². The summed E-state index contributed by atoms with van der Waals surface area (Å²) >= 11 is 0. The molecule has 24 heavy (non-hydrogen) atoms. The molecule has 0 aliphatic carbocycles. The zero-order valence-corrected chi connectivity index (χ0v) is 17.6. The van der Waals surface area contributed by atoms with Gasteiger partial charge in [-0.25, -0.2) is 0 Å². The maximum absolute atomic E-state index is 10.0. The summed E-state index contributed by atoms with van der Waals surface area (Å²) in [4.78, 5) is 0. The van der Waals surface area contributed by atoms with E-state index in [-0.39, 0.29) is 5.04 Å². The Bertz CT molecular complexity index is 541. The maximum Gasteiger partial charge on any atom is 0.192 e. The topological polar surface area (TPSA) is 29.5 Å². The zero-order chi connectivity index (χ0) is 18.5. The van der Waals surface area contributed by atoms with E-state index in [1.165, 1.54) is 5.56 Å². The van der Waals surface area contributed by atoms with Gasteiger partial charge in [0.25, 0.3) is 0 Å². The fourth-order valence-corrected chi connectivity index (χ4v) is 3.62. The molecule has 1 aromatic rings. The third kappa shape index (κ3) is 5.78. The van der Waals surface area contributed by atoms with Crippen molar-refractivity contribution in [3.8, 4) is 5.75 Å². The van der Waals surface area contributed by atoms with Gasteiger partial charge in [0.05, 0.1) is 0 Å². The molecule has 0 bridgehead atoms. The Kier molecular flexibility index (Phi) is 7.30. The molecule has 2 nitrogen and oxygen atoms in total. The molecular formula is C21H36O2Si. The van der Waals surface area contributed by atoms with Crippen molar-refractivity contribution < 1.29 is 9.53 Å². The molecule has 136 valence electrons. The summed E-state index contributed by atoms with van der Waals surface area (Å²) < 4.78 is 6.50. The minimum absolute atomic E-state index is 0.221. The molecule has 0 heterocycles. The van der Waals surface area contributed by atoms with Gasteiger partial charge in [0.15, 0.2) is 8.32 Å². The van der Waals surface area contributed by atoms with E-state index in [2.05, 4.69) is 60.4 Å². The van der Waals surface area contributed by atoms with Crippen molar-refractivity contribution in [2.24, 2.45) is 5.92 Å². The molecular weight excluding hydrogens is 312 g/mol. The second-order valence-corrected chi connectivity index (χ2v) is 13.6. The van der Waals surface area contributed by atoms with Crippen LogP contribution in [0, 0.1) is 5.92 Å². The van der Waals surface area contributed by atoms with Crippen LogP contribution >= 0.6 is 0 Å². The summed E-state index contributed by atoms with van der Waals surface area (Å²) in [5.74, 6) is 1.32. The van der Waals surface area contributed by atoms with Crippen molar-refractivity contribution in [1.82, 2.24) is 0 Å². The lowest BCUT2D eigenvalue weighted by molar-refractivity contribution is 0.247. The number of rotatable bonds is 8. The van der Waals surface area contributed by atoms with E-state index >= 15 is 0 Å². The molecule has 0 saturated heterocycles. The van der Waals surface area contributed by atoms with Crippen LogP contribution in [0.25, 0.3) is 0 Å². The lowest BCUT2D eigenvalue weighted by Gasteiger charge is -2.37. The smallest absolute Gasteiger partial charge is 0.192 e. The number of phenolic OH excluding ortho intramolecular Hbond substituents is 1. The highest BCUT2D eigenvalue weighted by Crippen LogP contribution is 2.38. The summed E-state index contributed by atoms with van der Waals surface area (Å²) in [5, 5.41) is 10.2. The van der Waals surface area contributed by atoms with E-state index in [9.17, 15) is 5.11 Å². The molecule has 1 atom stereocenters. The van der Waals surface area contributed by atoms with Gasteiger partial charge in [-0.15, -0.1) is 6.58 Å². The summed E-state index contributed by atoms with van der Waals surface area (Å²) in [7, 11) is -1.76. The minimum Gasteiger partial charge on any atom is -0.508 e. The van der Waals surface area contributed by atoms with Crippen LogP contribution in [0.2, 0.25) is 18.1 Å². The van der Waals surface area contributed by atoms with E-state index in [1.807, 2.05) is 18.2 Å². The van der Waals surface area contributed by atoms with Gasteiger partial charge in [0.2, 0.25) is 0 Å². The summed E-state index contributed by atoms with van der Waals surface area (Å²) in [5.41, 5.74) is 2.21. The second kappa shape index (κ2) is 8.35. The van der Waals surface area contributed by atoms with Gasteiger partial charge in [-0.05, 0) is 54.1 Å². The van der Waals surface area contributed by atoms with Crippen molar-refractivity contribution in [3.05, 3.63) is 42.0 Å². The SMILES string of the molecule is C=CCc1cc([C@@H](CO[Si](C)(C)C(C)(C)C)CC(C)C)ccc1O. The molecule has 3 heteroatoms. The van der Waals surface area contributed by atoms with Gasteiger partial charge < -0.3 is 9.53 Å². The number of phenols is 1. The molecule has 1 rings (SSSR count). The monoisotopic (exact) mass is 348 g/mol. The van der Waals surface area contributed by atoms with Crippen molar-refractivity contribution in [2.75, 3.05) is 6.61 Å². The molecule has 0 saturated carbocycles. The number of aromatic hydroxyl groups is 1. The molecule has 1 N–H and O–H groups in total. The fourth-order valence-electron chi connectivity index (χ4n) is 2.57. The van der Waals surface area contributed by atoms with Gasteiger partial charge in [-0.2, -0.15) is 0 Å². The van der Waals surface area contributed by atoms with Crippen molar-refractivity contribution in [2.45, 2.75) is 71.5 Å². The first kappa shape index (κ1) is 21.0. The van der Waals surface area contributed by atoms with Crippen LogP contribution in [0.1, 0.15) is 58.1 Å². The highest BCUT2D eigenvalue weighted by atomic mass is 28.4. The number of allylic oxidation sites excluding steroid dienone is 1. The Morgan fingerprint density at radius 2 is 1.88 bits per heavy atom. The molecule has 0 aliphatic rings. The van der Waals surface area contributed by atoms with Crippen LogP contribution in [0.3, 0.4) is 0 Å². The Labute approximate surface area is 150 Å². The van der Waals surface area contributed by atoms with E-state index < -0.39 is 8.32 Å². The van der Waals surface area contributed by atoms with Gasteiger partial charge in [-0.1, -0.05) is 52.8 Å². The molecule has 0 radical (unpaired) electrons. The van der Waals surface area contributed by atoms with Gasteiger partial charge in [-0.3, -0.25) is 0 Å². The fraction of sp³-hybridized carbons (Fsp3) is 0.619. The second-order valence-electron chi connectivity index (χ2n) is 8.78. The highest BCUT2D eigenvalue weighted by molar-refractivity contribution is 6.74. The zero-order valence-electron chi connectivity index (χ0n) is 16.6. The third-order valence-electron chi connectivity index (χ3n) is 5.15. The quantitative estimate of drug-likeness (QED) is 0.443. The number of hydrogen-bond acceptors (Lipinski definition) is 2. The lowest BCUT2D eigenvalue weighted by Crippen LogP contribution is -2.41. The van der Waals surface area contributed by atoms with Crippen molar-refractivity contribution in [3.63, 3.8) is 0 Å². The molecule has 0 aromatic heterocycles. The van der Waals surface area contributed by atoms with E-state index in [1.54, 1.807) is 0 Å². The summed E-state index contributed by atoms with van der Waals surface area (Å²) in [6.45, 7) is 20.5. The van der Waals surface area contributed by atoms with E-state index in [4.69, 9.17) is 4.43 Å². The first-order chi connectivity index (χ1) is 11.0. The van der Waals surface area contributed by atoms with E-state index in [0.29, 0.717) is 24.0 Å². The minimum atomic E-state index is -1.76. The van der Waals surface area contributed by atoms with Crippen LogP contribution in [0.4, 0.5) is 0 Å². The normalized spacial score (nSPS) is 14.0. The lowest BCUT2D eigenvalue weighted by atomic mass is 9.89. The summed E-state index contributed by atoms with van der Waals surface area (Å²) in [6, 6.07) is 5.98. The third-order valence-corrected chi connectivity index (χ3v) is 9.65. The average molecular weight is 349 g/mol. The van der Waals surface area contributed by atoms with Crippen LogP contribution in [-0.2, 0) is 10.8 Å². The molecule has 0 spiro atoms. The van der Waals surface area contributed by atoms with Crippen molar-refractivity contribution >= 4 is 8.32 Å². The Morgan fingerprint density at radius 3 is 2.38 bits per heavy atom. The first-order valence-corrected chi connectivity index (χ1v) is 12.0. The summed E-state index contributed by atoms with van der Waals surface area (Å²) in [6.07, 6.45) is 3.62. The largest absolute Gasteiger partial charge is 0.508 e. The Balaban J connectivity index is 3.01. The first-order valence-electron chi connectivity index (χ1n) is 9.04. The number of benzene rings is 1. The predicted molar refractivity (Wildman–Crippen MR) is 107 cm³/mol. The predicted octanol–water partition coefficient (Wildman–Crippen LogP) is 6.27. The molecule has 0 fully saturated rings. The van der Waals surface area contributed by atoms with Gasteiger partial charge in [0, 0.05) is 12.5 Å². The number of hydrogen-bond donors (Lipinski definition) is 1.